The number of aryl methyl sites for hydroxylation is 3. The van der Waals surface area contributed by atoms with Gasteiger partial charge in [0.15, 0.2) is 0 Å². The predicted octanol–water partition coefficient (Wildman–Crippen LogP) is 3.89. The largest absolute Gasteiger partial charge is 0.361 e. The van der Waals surface area contributed by atoms with Crippen LogP contribution < -0.4 is 0 Å². The molecule has 120 valence electrons. The first-order chi connectivity index (χ1) is 11.1. The maximum absolute atomic E-state index is 13.7. The fourth-order valence-corrected chi connectivity index (χ4v) is 2.46. The number of hydrogen-bond acceptors (Lipinski definition) is 5. The zero-order valence-electron chi connectivity index (χ0n) is 13.4. The summed E-state index contributed by atoms with van der Waals surface area (Å²) in [5.74, 6) is 1.40. The maximum Gasteiger partial charge on any atom is 0.231 e. The molecule has 23 heavy (non-hydrogen) atoms. The molecule has 2 aromatic heterocycles. The molecule has 0 N–H and O–H groups in total. The summed E-state index contributed by atoms with van der Waals surface area (Å²) in [6.45, 7) is 5.75. The average molecular weight is 315 g/mol. The highest BCUT2D eigenvalue weighted by molar-refractivity contribution is 5.55. The summed E-state index contributed by atoms with van der Waals surface area (Å²) in [6.07, 6.45) is 2.01. The lowest BCUT2D eigenvalue weighted by atomic mass is 10.1. The normalized spacial score (nSPS) is 11.1. The number of hydrogen-bond donors (Lipinski definition) is 0. The molecule has 0 unspecified atom stereocenters. The predicted molar refractivity (Wildman–Crippen MR) is 82.5 cm³/mol. The molecule has 0 bridgehead atoms. The van der Waals surface area contributed by atoms with Gasteiger partial charge in [-0.05, 0) is 25.0 Å². The minimum Gasteiger partial charge on any atom is -0.361 e. The van der Waals surface area contributed by atoms with Crippen molar-refractivity contribution in [3.05, 3.63) is 52.5 Å². The van der Waals surface area contributed by atoms with E-state index in [1.54, 1.807) is 19.1 Å². The highest BCUT2D eigenvalue weighted by Gasteiger charge is 2.18. The van der Waals surface area contributed by atoms with Crippen LogP contribution in [0.2, 0.25) is 0 Å². The third-order valence-corrected chi connectivity index (χ3v) is 3.83. The molecule has 0 atom stereocenters. The van der Waals surface area contributed by atoms with E-state index in [4.69, 9.17) is 9.05 Å². The fourth-order valence-electron chi connectivity index (χ4n) is 2.46. The van der Waals surface area contributed by atoms with Gasteiger partial charge in [-0.15, -0.1) is 0 Å². The Morgan fingerprint density at radius 1 is 1.09 bits per heavy atom. The average Bonchev–Trinajstić information content (AvgIpc) is 3.17. The summed E-state index contributed by atoms with van der Waals surface area (Å²) in [7, 11) is 0. The smallest absolute Gasteiger partial charge is 0.231 e. The Hall–Kier alpha value is -2.50. The minimum absolute atomic E-state index is 0.283. The Morgan fingerprint density at radius 3 is 2.61 bits per heavy atom. The van der Waals surface area contributed by atoms with Crippen LogP contribution in [0, 0.1) is 12.7 Å². The second-order valence-electron chi connectivity index (χ2n) is 5.39. The third kappa shape index (κ3) is 3.02. The summed E-state index contributed by atoms with van der Waals surface area (Å²) in [5, 5.41) is 8.02. The molecule has 0 radical (unpaired) electrons. The van der Waals surface area contributed by atoms with Crippen LogP contribution in [0.4, 0.5) is 4.39 Å². The van der Waals surface area contributed by atoms with Crippen LogP contribution >= 0.6 is 0 Å². The molecule has 3 aromatic rings. The number of benzene rings is 1. The van der Waals surface area contributed by atoms with Crippen molar-refractivity contribution >= 4 is 0 Å². The lowest BCUT2D eigenvalue weighted by Crippen LogP contribution is -1.96. The molecule has 5 nitrogen and oxygen atoms in total. The van der Waals surface area contributed by atoms with Crippen LogP contribution in [0.3, 0.4) is 0 Å². The molecule has 0 aliphatic rings. The second kappa shape index (κ2) is 6.32. The molecular weight excluding hydrogens is 297 g/mol. The van der Waals surface area contributed by atoms with Crippen molar-refractivity contribution in [3.8, 4) is 11.4 Å². The van der Waals surface area contributed by atoms with Crippen molar-refractivity contribution in [3.63, 3.8) is 0 Å². The van der Waals surface area contributed by atoms with E-state index in [2.05, 4.69) is 15.3 Å². The van der Waals surface area contributed by atoms with Gasteiger partial charge in [0.2, 0.25) is 11.7 Å². The van der Waals surface area contributed by atoms with Gasteiger partial charge in [0.05, 0.1) is 12.1 Å². The van der Waals surface area contributed by atoms with Crippen LogP contribution in [0.5, 0.6) is 0 Å². The Morgan fingerprint density at radius 2 is 1.91 bits per heavy atom. The molecule has 3 rings (SSSR count). The molecule has 0 amide bonds. The Bertz CT molecular complexity index is 802. The number of halogens is 1. The molecule has 0 aliphatic carbocycles. The summed E-state index contributed by atoms with van der Waals surface area (Å²) >= 11 is 0. The van der Waals surface area contributed by atoms with Crippen LogP contribution in [-0.2, 0) is 19.3 Å². The van der Waals surface area contributed by atoms with E-state index in [9.17, 15) is 4.39 Å². The molecule has 0 spiro atoms. The number of rotatable bonds is 5. The van der Waals surface area contributed by atoms with Crippen LogP contribution in [0.25, 0.3) is 11.4 Å². The van der Waals surface area contributed by atoms with Crippen LogP contribution in [0.1, 0.15) is 42.3 Å². The van der Waals surface area contributed by atoms with E-state index < -0.39 is 0 Å². The van der Waals surface area contributed by atoms with Gasteiger partial charge in [-0.3, -0.25) is 0 Å². The molecule has 0 aliphatic heterocycles. The van der Waals surface area contributed by atoms with Gasteiger partial charge >= 0.3 is 0 Å². The van der Waals surface area contributed by atoms with Gasteiger partial charge < -0.3 is 9.05 Å². The van der Waals surface area contributed by atoms with E-state index in [1.165, 1.54) is 6.07 Å². The standard InChI is InChI=1S/C17H18FN3O2/c1-4-14-12(15(5-2)22-20-14)9-16-19-17(21-23-16)11-7-6-10(3)13(18)8-11/h6-8H,4-5,9H2,1-3H3. The van der Waals surface area contributed by atoms with Crippen LogP contribution in [0.15, 0.2) is 27.2 Å². The van der Waals surface area contributed by atoms with Gasteiger partial charge in [-0.1, -0.05) is 36.3 Å². The van der Waals surface area contributed by atoms with Gasteiger partial charge in [0, 0.05) is 17.5 Å². The van der Waals surface area contributed by atoms with Crippen molar-refractivity contribution in [1.82, 2.24) is 15.3 Å². The van der Waals surface area contributed by atoms with E-state index in [0.717, 1.165) is 29.9 Å². The first-order valence-electron chi connectivity index (χ1n) is 7.67. The molecule has 6 heteroatoms. The Balaban J connectivity index is 1.88. The van der Waals surface area contributed by atoms with E-state index in [0.29, 0.717) is 29.3 Å². The quantitative estimate of drug-likeness (QED) is 0.714. The second-order valence-corrected chi connectivity index (χ2v) is 5.39. The highest BCUT2D eigenvalue weighted by Crippen LogP contribution is 2.22. The van der Waals surface area contributed by atoms with Crippen LogP contribution in [-0.4, -0.2) is 15.3 Å². The molecule has 2 heterocycles. The van der Waals surface area contributed by atoms with E-state index >= 15 is 0 Å². The summed E-state index contributed by atoms with van der Waals surface area (Å²) < 4.78 is 24.3. The summed E-state index contributed by atoms with van der Waals surface area (Å²) in [5.41, 5.74) is 3.09. The number of aromatic nitrogens is 3. The third-order valence-electron chi connectivity index (χ3n) is 3.83. The van der Waals surface area contributed by atoms with Crippen molar-refractivity contribution in [2.24, 2.45) is 0 Å². The van der Waals surface area contributed by atoms with Crippen molar-refractivity contribution in [2.75, 3.05) is 0 Å². The molecule has 0 saturated carbocycles. The number of nitrogens with zero attached hydrogens (tertiary/aromatic N) is 3. The van der Waals surface area contributed by atoms with Gasteiger partial charge in [-0.2, -0.15) is 4.98 Å². The summed E-state index contributed by atoms with van der Waals surface area (Å²) in [6, 6.07) is 4.89. The zero-order chi connectivity index (χ0) is 16.4. The molecular formula is C17H18FN3O2. The lowest BCUT2D eigenvalue weighted by molar-refractivity contribution is 0.375. The first-order valence-corrected chi connectivity index (χ1v) is 7.67. The molecule has 0 saturated heterocycles. The zero-order valence-corrected chi connectivity index (χ0v) is 13.4. The fraction of sp³-hybridized carbons (Fsp3) is 0.353. The highest BCUT2D eigenvalue weighted by atomic mass is 19.1. The topological polar surface area (TPSA) is 65.0 Å². The SMILES string of the molecule is CCc1noc(CC)c1Cc1nc(-c2ccc(C)c(F)c2)no1. The van der Waals surface area contributed by atoms with Gasteiger partial charge in [0.25, 0.3) is 0 Å². The molecule has 1 aromatic carbocycles. The summed E-state index contributed by atoms with van der Waals surface area (Å²) in [4.78, 5) is 4.36. The lowest BCUT2D eigenvalue weighted by Gasteiger charge is -1.98. The minimum atomic E-state index is -0.283. The monoisotopic (exact) mass is 315 g/mol. The van der Waals surface area contributed by atoms with E-state index in [-0.39, 0.29) is 5.82 Å². The Kier molecular flexibility index (Phi) is 4.23. The van der Waals surface area contributed by atoms with Gasteiger partial charge in [0.1, 0.15) is 11.6 Å². The van der Waals surface area contributed by atoms with E-state index in [1.807, 2.05) is 13.8 Å². The van der Waals surface area contributed by atoms with Crippen molar-refractivity contribution in [2.45, 2.75) is 40.0 Å². The van der Waals surface area contributed by atoms with Crippen molar-refractivity contribution < 1.29 is 13.4 Å². The Labute approximate surface area is 133 Å². The maximum atomic E-state index is 13.7. The van der Waals surface area contributed by atoms with Gasteiger partial charge in [-0.25, -0.2) is 4.39 Å². The van der Waals surface area contributed by atoms with Crippen molar-refractivity contribution in [1.29, 1.82) is 0 Å². The first kappa shape index (κ1) is 15.4. The molecule has 0 fully saturated rings.